The van der Waals surface area contributed by atoms with E-state index in [1.165, 1.54) is 0 Å². The van der Waals surface area contributed by atoms with E-state index in [1.807, 2.05) is 36.7 Å². The second-order valence-corrected chi connectivity index (χ2v) is 5.06. The van der Waals surface area contributed by atoms with E-state index in [4.69, 9.17) is 11.5 Å². The summed E-state index contributed by atoms with van der Waals surface area (Å²) in [4.78, 5) is 11.7. The zero-order chi connectivity index (χ0) is 12.7. The maximum absolute atomic E-state index is 6.08. The third-order valence-electron chi connectivity index (χ3n) is 3.00. The van der Waals surface area contributed by atoms with Crippen LogP contribution in [0.25, 0.3) is 10.6 Å². The predicted molar refractivity (Wildman–Crippen MR) is 73.5 cm³/mol. The summed E-state index contributed by atoms with van der Waals surface area (Å²) in [6.07, 6.45) is -0.289. The molecule has 0 amide bonds. The molecule has 1 atom stereocenters. The topological polar surface area (TPSA) is 80.5 Å². The second-order valence-electron chi connectivity index (χ2n) is 4.11. The van der Waals surface area contributed by atoms with Gasteiger partial charge in [-0.25, -0.2) is 4.98 Å². The van der Waals surface area contributed by atoms with E-state index in [1.54, 1.807) is 16.2 Å². The van der Waals surface area contributed by atoms with Crippen LogP contribution in [0.15, 0.2) is 34.6 Å². The number of thiophene rings is 1. The largest absolute Gasteiger partial charge is 0.369 e. The van der Waals surface area contributed by atoms with Gasteiger partial charge in [0.1, 0.15) is 6.17 Å². The fourth-order valence-electron chi connectivity index (χ4n) is 1.88. The van der Waals surface area contributed by atoms with Gasteiger partial charge in [-0.2, -0.15) is 4.99 Å². The zero-order valence-electron chi connectivity index (χ0n) is 9.87. The molecule has 92 valence electrons. The zero-order valence-corrected chi connectivity index (χ0v) is 10.7. The third-order valence-corrected chi connectivity index (χ3v) is 3.89. The quantitative estimate of drug-likeness (QED) is 0.816. The van der Waals surface area contributed by atoms with E-state index >= 15 is 0 Å². The maximum Gasteiger partial charge on any atom is 0.199 e. The van der Waals surface area contributed by atoms with Crippen molar-refractivity contribution in [3.63, 3.8) is 0 Å². The van der Waals surface area contributed by atoms with Crippen molar-refractivity contribution < 1.29 is 0 Å². The van der Waals surface area contributed by atoms with Crippen molar-refractivity contribution in [2.45, 2.75) is 6.17 Å². The Balaban J connectivity index is 2.11. The number of aromatic nitrogens is 1. The van der Waals surface area contributed by atoms with E-state index in [9.17, 15) is 0 Å². The molecule has 4 N–H and O–H groups in total. The maximum atomic E-state index is 6.08. The Morgan fingerprint density at radius 1 is 1.33 bits per heavy atom. The van der Waals surface area contributed by atoms with Crippen LogP contribution in [0.5, 0.6) is 0 Å². The van der Waals surface area contributed by atoms with Crippen molar-refractivity contribution in [2.75, 3.05) is 7.05 Å². The number of hydrogen-bond acceptors (Lipinski definition) is 6. The Hall–Kier alpha value is -1.92. The number of rotatable bonds is 1. The molecule has 2 aromatic rings. The number of aliphatic imine (C=N–C) groups is 1. The van der Waals surface area contributed by atoms with Crippen LogP contribution in [0.4, 0.5) is 5.82 Å². The molecule has 5 nitrogen and oxygen atoms in total. The molecule has 0 bridgehead atoms. The first kappa shape index (κ1) is 11.2. The lowest BCUT2D eigenvalue weighted by Gasteiger charge is -2.30. The van der Waals surface area contributed by atoms with Gasteiger partial charge in [-0.15, -0.1) is 11.3 Å². The molecule has 0 aromatic carbocycles. The molecule has 2 aromatic heterocycles. The van der Waals surface area contributed by atoms with Crippen molar-refractivity contribution in [3.05, 3.63) is 35.2 Å². The molecule has 6 heteroatoms. The Labute approximate surface area is 109 Å². The monoisotopic (exact) mass is 259 g/mol. The van der Waals surface area contributed by atoms with Crippen LogP contribution in [0.3, 0.4) is 0 Å². The molecule has 1 unspecified atom stereocenters. The summed E-state index contributed by atoms with van der Waals surface area (Å²) in [5.41, 5.74) is 13.7. The first-order valence-corrected chi connectivity index (χ1v) is 6.42. The van der Waals surface area contributed by atoms with Gasteiger partial charge in [0.05, 0.1) is 10.6 Å². The molecular weight excluding hydrogens is 246 g/mol. The molecule has 0 radical (unpaired) electrons. The predicted octanol–water partition coefficient (Wildman–Crippen LogP) is 1.66. The summed E-state index contributed by atoms with van der Waals surface area (Å²) in [7, 11) is 1.82. The van der Waals surface area contributed by atoms with E-state index < -0.39 is 0 Å². The molecule has 0 spiro atoms. The Morgan fingerprint density at radius 3 is 2.89 bits per heavy atom. The van der Waals surface area contributed by atoms with Gasteiger partial charge in [0.2, 0.25) is 0 Å². The van der Waals surface area contributed by atoms with Crippen LogP contribution < -0.4 is 11.5 Å². The lowest BCUT2D eigenvalue weighted by Crippen LogP contribution is -2.43. The van der Waals surface area contributed by atoms with Crippen LogP contribution in [-0.4, -0.2) is 22.9 Å². The fourth-order valence-corrected chi connectivity index (χ4v) is 2.57. The van der Waals surface area contributed by atoms with Crippen molar-refractivity contribution in [1.29, 1.82) is 0 Å². The second kappa shape index (κ2) is 4.08. The third kappa shape index (κ3) is 1.66. The van der Waals surface area contributed by atoms with Crippen molar-refractivity contribution in [1.82, 2.24) is 9.88 Å². The van der Waals surface area contributed by atoms with Crippen molar-refractivity contribution in [3.8, 4) is 10.6 Å². The van der Waals surface area contributed by atoms with Crippen molar-refractivity contribution >= 4 is 23.1 Å². The average molecular weight is 259 g/mol. The van der Waals surface area contributed by atoms with Crippen LogP contribution in [0.1, 0.15) is 11.7 Å². The Morgan fingerprint density at radius 2 is 2.17 bits per heavy atom. The average Bonchev–Trinajstić information content (AvgIpc) is 2.89. The molecule has 1 aliphatic heterocycles. The van der Waals surface area contributed by atoms with Gasteiger partial charge in [0, 0.05) is 12.6 Å². The van der Waals surface area contributed by atoms with Gasteiger partial charge < -0.3 is 16.4 Å². The minimum atomic E-state index is -0.289. The molecular formula is C12H13N5S. The highest BCUT2D eigenvalue weighted by Crippen LogP contribution is 2.32. The van der Waals surface area contributed by atoms with E-state index in [0.29, 0.717) is 11.8 Å². The minimum Gasteiger partial charge on any atom is -0.369 e. The normalized spacial score (nSPS) is 18.4. The summed E-state index contributed by atoms with van der Waals surface area (Å²) in [6.45, 7) is 0. The first-order valence-electron chi connectivity index (χ1n) is 5.54. The highest BCUT2D eigenvalue weighted by Gasteiger charge is 2.23. The molecule has 18 heavy (non-hydrogen) atoms. The highest BCUT2D eigenvalue weighted by molar-refractivity contribution is 7.13. The molecule has 0 fully saturated rings. The fraction of sp³-hybridized carbons (Fsp3) is 0.167. The van der Waals surface area contributed by atoms with Gasteiger partial charge in [0.15, 0.2) is 11.8 Å². The minimum absolute atomic E-state index is 0.289. The van der Waals surface area contributed by atoms with Crippen LogP contribution in [0, 0.1) is 0 Å². The molecule has 0 saturated heterocycles. The van der Waals surface area contributed by atoms with Crippen LogP contribution >= 0.6 is 11.3 Å². The molecule has 3 heterocycles. The Bertz CT molecular complexity index is 605. The van der Waals surface area contributed by atoms with Crippen molar-refractivity contribution in [2.24, 2.45) is 16.5 Å². The summed E-state index contributed by atoms with van der Waals surface area (Å²) in [5, 5.41) is 2.02. The first-order chi connectivity index (χ1) is 8.66. The lowest BCUT2D eigenvalue weighted by atomic mass is 10.1. The molecule has 1 aliphatic rings. The summed E-state index contributed by atoms with van der Waals surface area (Å²) < 4.78 is 0. The molecule has 3 rings (SSSR count). The number of nitrogens with zero attached hydrogens (tertiary/aromatic N) is 3. The van der Waals surface area contributed by atoms with Gasteiger partial charge >= 0.3 is 0 Å². The standard InChI is InChI=1S/C12H13N5S/c1-17-10(13)7-4-5-8(9-3-2-6-18-9)15-11(7)16-12(17)14/h2-6,10H,13H2,1H3,(H2,14,15,16). The van der Waals surface area contributed by atoms with Crippen LogP contribution in [0.2, 0.25) is 0 Å². The summed E-state index contributed by atoms with van der Waals surface area (Å²) >= 11 is 1.64. The number of fused-ring (bicyclic) bond motifs is 1. The van der Waals surface area contributed by atoms with Gasteiger partial charge in [-0.3, -0.25) is 0 Å². The number of pyridine rings is 1. The van der Waals surface area contributed by atoms with E-state index in [-0.39, 0.29) is 6.17 Å². The van der Waals surface area contributed by atoms with Gasteiger partial charge in [-0.1, -0.05) is 6.07 Å². The van der Waals surface area contributed by atoms with Gasteiger partial charge in [0.25, 0.3) is 0 Å². The number of guanidine groups is 1. The molecule has 0 saturated carbocycles. The SMILES string of the molecule is CN1C(N)=Nc2nc(-c3cccs3)ccc2C1N. The lowest BCUT2D eigenvalue weighted by molar-refractivity contribution is 0.374. The number of hydrogen-bond donors (Lipinski definition) is 2. The highest BCUT2D eigenvalue weighted by atomic mass is 32.1. The van der Waals surface area contributed by atoms with E-state index in [2.05, 4.69) is 9.98 Å². The number of nitrogens with two attached hydrogens (primary N) is 2. The smallest absolute Gasteiger partial charge is 0.199 e. The van der Waals surface area contributed by atoms with E-state index in [0.717, 1.165) is 16.1 Å². The van der Waals surface area contributed by atoms with Gasteiger partial charge in [-0.05, 0) is 23.6 Å². The van der Waals surface area contributed by atoms with Crippen LogP contribution in [-0.2, 0) is 0 Å². The summed E-state index contributed by atoms with van der Waals surface area (Å²) in [5.74, 6) is 1.01. The Kier molecular flexibility index (Phi) is 2.53. The summed E-state index contributed by atoms with van der Waals surface area (Å²) in [6, 6.07) is 7.96. The molecule has 0 aliphatic carbocycles.